The summed E-state index contributed by atoms with van der Waals surface area (Å²) in [5, 5.41) is 0. The summed E-state index contributed by atoms with van der Waals surface area (Å²) in [6, 6.07) is 6.27. The van der Waals surface area contributed by atoms with Crippen molar-refractivity contribution in [2.45, 2.75) is 78.4 Å². The molecule has 0 atom stereocenters. The van der Waals surface area contributed by atoms with Gasteiger partial charge in [0.2, 0.25) is 0 Å². The molecule has 0 aliphatic rings. The molecule has 0 spiro atoms. The maximum atomic E-state index is 6.11. The van der Waals surface area contributed by atoms with E-state index in [0.717, 1.165) is 24.2 Å². The minimum Gasteiger partial charge on any atom is -0.496 e. The van der Waals surface area contributed by atoms with E-state index in [4.69, 9.17) is 9.47 Å². The zero-order valence-corrected chi connectivity index (χ0v) is 16.0. The van der Waals surface area contributed by atoms with Crippen LogP contribution >= 0.6 is 0 Å². The van der Waals surface area contributed by atoms with Crippen LogP contribution in [0.25, 0.3) is 6.08 Å². The van der Waals surface area contributed by atoms with E-state index in [1.54, 1.807) is 7.11 Å². The molecular formula is C21H34O2. The van der Waals surface area contributed by atoms with Gasteiger partial charge < -0.3 is 9.47 Å². The monoisotopic (exact) mass is 318 g/mol. The molecule has 0 radical (unpaired) electrons. The van der Waals surface area contributed by atoms with Gasteiger partial charge >= 0.3 is 0 Å². The number of unbranched alkanes of at least 4 members (excludes halogenated alkanes) is 2. The van der Waals surface area contributed by atoms with E-state index in [2.05, 4.69) is 65.8 Å². The average molecular weight is 319 g/mol. The normalized spacial score (nSPS) is 12.8. The number of aryl methyl sites for hydroxylation is 1. The molecular weight excluding hydrogens is 284 g/mol. The van der Waals surface area contributed by atoms with Gasteiger partial charge in [-0.15, -0.1) is 0 Å². The highest BCUT2D eigenvalue weighted by Crippen LogP contribution is 2.25. The first-order chi connectivity index (χ1) is 10.6. The molecule has 1 aromatic rings. The van der Waals surface area contributed by atoms with E-state index in [0.29, 0.717) is 0 Å². The highest BCUT2D eigenvalue weighted by atomic mass is 16.5. The van der Waals surface area contributed by atoms with Gasteiger partial charge in [-0.1, -0.05) is 30.2 Å². The Bertz CT molecular complexity index is 507. The summed E-state index contributed by atoms with van der Waals surface area (Å²) in [5.74, 6) is 0.937. The van der Waals surface area contributed by atoms with Gasteiger partial charge in [-0.3, -0.25) is 0 Å². The number of allylic oxidation sites excluding steroid dienone is 1. The van der Waals surface area contributed by atoms with Crippen LogP contribution in [0, 0.1) is 6.92 Å². The zero-order valence-electron chi connectivity index (χ0n) is 16.0. The topological polar surface area (TPSA) is 18.5 Å². The van der Waals surface area contributed by atoms with Gasteiger partial charge in [0.05, 0.1) is 18.3 Å². The summed E-state index contributed by atoms with van der Waals surface area (Å²) < 4.78 is 11.5. The van der Waals surface area contributed by atoms with Gasteiger partial charge in [-0.25, -0.2) is 0 Å². The summed E-state index contributed by atoms with van der Waals surface area (Å²) in [7, 11) is 1.72. The average Bonchev–Trinajstić information content (AvgIpc) is 2.40. The fourth-order valence-electron chi connectivity index (χ4n) is 2.89. The van der Waals surface area contributed by atoms with Crippen LogP contribution in [0.5, 0.6) is 5.75 Å². The summed E-state index contributed by atoms with van der Waals surface area (Å²) in [6.07, 6.45) is 8.95. The van der Waals surface area contributed by atoms with E-state index in [9.17, 15) is 0 Å². The van der Waals surface area contributed by atoms with Crippen molar-refractivity contribution in [3.63, 3.8) is 0 Å². The van der Waals surface area contributed by atoms with Gasteiger partial charge in [0, 0.05) is 5.56 Å². The van der Waals surface area contributed by atoms with Crippen LogP contribution in [-0.4, -0.2) is 18.3 Å². The van der Waals surface area contributed by atoms with E-state index in [1.165, 1.54) is 18.4 Å². The Morgan fingerprint density at radius 2 is 1.74 bits per heavy atom. The highest BCUT2D eigenvalue weighted by Gasteiger charge is 2.24. The molecule has 0 heterocycles. The molecule has 0 aliphatic carbocycles. The molecule has 0 unspecified atom stereocenters. The predicted molar refractivity (Wildman–Crippen MR) is 100 cm³/mol. The molecule has 2 nitrogen and oxygen atoms in total. The summed E-state index contributed by atoms with van der Waals surface area (Å²) in [5.41, 5.74) is 2.28. The third kappa shape index (κ3) is 8.22. The number of hydrogen-bond acceptors (Lipinski definition) is 2. The molecule has 0 aliphatic heterocycles. The van der Waals surface area contributed by atoms with Gasteiger partial charge in [-0.2, -0.15) is 0 Å². The van der Waals surface area contributed by atoms with Crippen LogP contribution in [-0.2, 0) is 4.74 Å². The van der Waals surface area contributed by atoms with E-state index in [1.807, 2.05) is 6.07 Å². The van der Waals surface area contributed by atoms with Gasteiger partial charge in [0.1, 0.15) is 5.75 Å². The molecule has 1 rings (SSSR count). The van der Waals surface area contributed by atoms with Crippen LogP contribution in [0.15, 0.2) is 24.3 Å². The van der Waals surface area contributed by atoms with E-state index < -0.39 is 0 Å². The second-order valence-electron chi connectivity index (χ2n) is 7.87. The Morgan fingerprint density at radius 3 is 2.35 bits per heavy atom. The molecule has 0 amide bonds. The lowest BCUT2D eigenvalue weighted by atomic mass is 9.98. The lowest BCUT2D eigenvalue weighted by molar-refractivity contribution is -0.116. The third-order valence-corrected chi connectivity index (χ3v) is 3.66. The third-order valence-electron chi connectivity index (χ3n) is 3.66. The minimum absolute atomic E-state index is 0.0538. The number of ether oxygens (including phenoxy) is 2. The fraction of sp³-hybridized carbons (Fsp3) is 0.619. The summed E-state index contributed by atoms with van der Waals surface area (Å²) >= 11 is 0. The van der Waals surface area contributed by atoms with E-state index in [-0.39, 0.29) is 11.2 Å². The molecule has 23 heavy (non-hydrogen) atoms. The maximum Gasteiger partial charge on any atom is 0.126 e. The molecule has 0 saturated heterocycles. The maximum absolute atomic E-state index is 6.11. The molecule has 0 bridgehead atoms. The first kappa shape index (κ1) is 19.8. The lowest BCUT2D eigenvalue weighted by Gasteiger charge is -2.33. The van der Waals surface area contributed by atoms with Crippen molar-refractivity contribution in [1.29, 1.82) is 0 Å². The number of rotatable bonds is 8. The second kappa shape index (κ2) is 8.54. The number of hydrogen-bond donors (Lipinski definition) is 0. The number of methoxy groups -OCH3 is 1. The Balaban J connectivity index is 2.39. The van der Waals surface area contributed by atoms with Crippen molar-refractivity contribution in [3.05, 3.63) is 35.4 Å². The van der Waals surface area contributed by atoms with Gasteiger partial charge in [0.15, 0.2) is 0 Å². The Hall–Kier alpha value is -1.28. The quantitative estimate of drug-likeness (QED) is 0.533. The Kier molecular flexibility index (Phi) is 7.34. The van der Waals surface area contributed by atoms with Crippen molar-refractivity contribution in [2.75, 3.05) is 7.11 Å². The second-order valence-corrected chi connectivity index (χ2v) is 7.87. The molecule has 0 N–H and O–H groups in total. The van der Waals surface area contributed by atoms with E-state index >= 15 is 0 Å². The van der Waals surface area contributed by atoms with Crippen molar-refractivity contribution >= 4 is 6.08 Å². The van der Waals surface area contributed by atoms with Crippen LogP contribution in [0.1, 0.15) is 71.4 Å². The molecule has 0 fully saturated rings. The summed E-state index contributed by atoms with van der Waals surface area (Å²) in [4.78, 5) is 0. The first-order valence-corrected chi connectivity index (χ1v) is 8.64. The molecule has 1 aromatic carbocycles. The minimum atomic E-state index is -0.0782. The van der Waals surface area contributed by atoms with Crippen LogP contribution in [0.2, 0.25) is 0 Å². The standard InChI is InChI=1S/C21H34O2/c1-17-13-14-19(22-7)18(16-17)12-10-8-9-11-15-21(5,6)23-20(2,3)4/h10,12-14,16H,8-9,11,15H2,1-7H3/b12-10+. The molecule has 130 valence electrons. The molecule has 2 heteroatoms. The Morgan fingerprint density at radius 1 is 1.04 bits per heavy atom. The van der Waals surface area contributed by atoms with Crippen LogP contribution in [0.3, 0.4) is 0 Å². The van der Waals surface area contributed by atoms with Crippen molar-refractivity contribution < 1.29 is 9.47 Å². The number of benzene rings is 1. The molecule has 0 saturated carbocycles. The zero-order chi connectivity index (χ0) is 17.5. The largest absolute Gasteiger partial charge is 0.496 e. The first-order valence-electron chi connectivity index (χ1n) is 8.64. The predicted octanol–water partition coefficient (Wildman–Crippen LogP) is 6.17. The van der Waals surface area contributed by atoms with Crippen molar-refractivity contribution in [3.8, 4) is 5.75 Å². The molecule has 0 aromatic heterocycles. The van der Waals surface area contributed by atoms with Crippen molar-refractivity contribution in [2.24, 2.45) is 0 Å². The highest BCUT2D eigenvalue weighted by molar-refractivity contribution is 5.58. The Labute approximate surface area is 142 Å². The van der Waals surface area contributed by atoms with Crippen LogP contribution < -0.4 is 4.74 Å². The van der Waals surface area contributed by atoms with Crippen molar-refractivity contribution in [1.82, 2.24) is 0 Å². The lowest BCUT2D eigenvalue weighted by Crippen LogP contribution is -2.34. The summed E-state index contributed by atoms with van der Waals surface area (Å²) in [6.45, 7) is 12.8. The van der Waals surface area contributed by atoms with Crippen LogP contribution in [0.4, 0.5) is 0 Å². The fourth-order valence-corrected chi connectivity index (χ4v) is 2.89. The van der Waals surface area contributed by atoms with Gasteiger partial charge in [-0.05, 0) is 72.9 Å². The SMILES string of the molecule is COc1ccc(C)cc1/C=C/CCCCC(C)(C)OC(C)(C)C. The smallest absolute Gasteiger partial charge is 0.126 e. The van der Waals surface area contributed by atoms with Gasteiger partial charge in [0.25, 0.3) is 0 Å².